The van der Waals surface area contributed by atoms with Crippen LogP contribution in [0.25, 0.3) is 0 Å². The summed E-state index contributed by atoms with van der Waals surface area (Å²) >= 11 is 0. The number of amides is 2. The van der Waals surface area contributed by atoms with E-state index in [4.69, 9.17) is 5.11 Å². The van der Waals surface area contributed by atoms with Gasteiger partial charge in [-0.1, -0.05) is 13.8 Å². The fourth-order valence-corrected chi connectivity index (χ4v) is 2.76. The van der Waals surface area contributed by atoms with Gasteiger partial charge in [0.1, 0.15) is 0 Å². The van der Waals surface area contributed by atoms with Crippen LogP contribution in [0.4, 0.5) is 5.69 Å². The van der Waals surface area contributed by atoms with Gasteiger partial charge in [0.05, 0.1) is 0 Å². The van der Waals surface area contributed by atoms with Gasteiger partial charge in [-0.05, 0) is 42.5 Å². The molecule has 0 saturated carbocycles. The van der Waals surface area contributed by atoms with Gasteiger partial charge in [-0.3, -0.25) is 9.59 Å². The van der Waals surface area contributed by atoms with Gasteiger partial charge in [-0.15, -0.1) is 0 Å². The van der Waals surface area contributed by atoms with Crippen molar-refractivity contribution in [1.29, 1.82) is 0 Å². The molecule has 22 heavy (non-hydrogen) atoms. The van der Waals surface area contributed by atoms with E-state index >= 15 is 0 Å². The number of anilines is 1. The fourth-order valence-electron chi connectivity index (χ4n) is 2.76. The number of hydrogen-bond acceptors (Lipinski definition) is 3. The van der Waals surface area contributed by atoms with E-state index in [-0.39, 0.29) is 30.4 Å². The van der Waals surface area contributed by atoms with Crippen molar-refractivity contribution in [3.05, 3.63) is 29.3 Å². The van der Waals surface area contributed by atoms with Crippen LogP contribution in [-0.4, -0.2) is 36.6 Å². The third-order valence-electron chi connectivity index (χ3n) is 4.25. The lowest BCUT2D eigenvalue weighted by Gasteiger charge is -2.26. The minimum atomic E-state index is -0.130. The lowest BCUT2D eigenvalue weighted by Crippen LogP contribution is -2.39. The van der Waals surface area contributed by atoms with E-state index in [1.165, 1.54) is 0 Å². The number of aryl methyl sites for hydroxylation is 1. The number of nitrogens with one attached hydrogen (secondary N) is 1. The zero-order valence-electron chi connectivity index (χ0n) is 13.4. The Bertz CT molecular complexity index is 569. The SMILES string of the molecule is CC(C)C(CCO)NC(=O)c1ccc2c(c1)CCC(=O)N2C. The predicted octanol–water partition coefficient (Wildman–Crippen LogP) is 1.73. The maximum absolute atomic E-state index is 12.4. The minimum absolute atomic E-state index is 0.0437. The van der Waals surface area contributed by atoms with Crippen LogP contribution < -0.4 is 10.2 Å². The largest absolute Gasteiger partial charge is 0.396 e. The van der Waals surface area contributed by atoms with Gasteiger partial charge in [-0.2, -0.15) is 0 Å². The highest BCUT2D eigenvalue weighted by atomic mass is 16.3. The van der Waals surface area contributed by atoms with Crippen LogP contribution in [-0.2, 0) is 11.2 Å². The monoisotopic (exact) mass is 304 g/mol. The van der Waals surface area contributed by atoms with Crippen molar-refractivity contribution in [2.45, 2.75) is 39.2 Å². The molecule has 1 aromatic carbocycles. The number of nitrogens with zero attached hydrogens (tertiary/aromatic N) is 1. The van der Waals surface area contributed by atoms with Crippen LogP contribution in [0.5, 0.6) is 0 Å². The number of fused-ring (bicyclic) bond motifs is 1. The quantitative estimate of drug-likeness (QED) is 0.870. The van der Waals surface area contributed by atoms with Gasteiger partial charge in [0.25, 0.3) is 5.91 Å². The van der Waals surface area contributed by atoms with Gasteiger partial charge in [0, 0.05) is 37.4 Å². The van der Waals surface area contributed by atoms with E-state index in [1.54, 1.807) is 18.0 Å². The first-order valence-corrected chi connectivity index (χ1v) is 7.75. The second-order valence-electron chi connectivity index (χ2n) is 6.13. The molecule has 0 fully saturated rings. The number of carbonyl (C=O) groups is 2. The summed E-state index contributed by atoms with van der Waals surface area (Å²) < 4.78 is 0. The molecule has 1 aliphatic heterocycles. The summed E-state index contributed by atoms with van der Waals surface area (Å²) in [5.74, 6) is 0.236. The molecule has 120 valence electrons. The number of hydrogen-bond donors (Lipinski definition) is 2. The van der Waals surface area contributed by atoms with Gasteiger partial charge >= 0.3 is 0 Å². The van der Waals surface area contributed by atoms with Crippen LogP contribution in [0, 0.1) is 5.92 Å². The van der Waals surface area contributed by atoms with Crippen LogP contribution in [0.1, 0.15) is 42.6 Å². The molecular formula is C17H24N2O3. The van der Waals surface area contributed by atoms with Crippen molar-refractivity contribution in [2.75, 3.05) is 18.6 Å². The van der Waals surface area contributed by atoms with Crippen molar-refractivity contribution in [3.63, 3.8) is 0 Å². The molecule has 0 saturated heterocycles. The Hall–Kier alpha value is -1.88. The van der Waals surface area contributed by atoms with E-state index in [9.17, 15) is 9.59 Å². The molecule has 1 heterocycles. The Labute approximate surface area is 131 Å². The Morgan fingerprint density at radius 2 is 2.09 bits per heavy atom. The smallest absolute Gasteiger partial charge is 0.251 e. The van der Waals surface area contributed by atoms with Gasteiger partial charge < -0.3 is 15.3 Å². The van der Waals surface area contributed by atoms with E-state index in [1.807, 2.05) is 26.0 Å². The second-order valence-corrected chi connectivity index (χ2v) is 6.13. The summed E-state index contributed by atoms with van der Waals surface area (Å²) in [6.45, 7) is 4.10. The molecule has 1 aliphatic rings. The lowest BCUT2D eigenvalue weighted by molar-refractivity contribution is -0.118. The third-order valence-corrected chi connectivity index (χ3v) is 4.25. The van der Waals surface area contributed by atoms with Gasteiger partial charge in [-0.25, -0.2) is 0 Å². The Morgan fingerprint density at radius 3 is 2.73 bits per heavy atom. The summed E-state index contributed by atoms with van der Waals surface area (Å²) in [4.78, 5) is 25.7. The van der Waals surface area contributed by atoms with Crippen molar-refractivity contribution in [2.24, 2.45) is 5.92 Å². The summed E-state index contributed by atoms with van der Waals surface area (Å²) in [5.41, 5.74) is 2.51. The van der Waals surface area contributed by atoms with Crippen molar-refractivity contribution in [3.8, 4) is 0 Å². The van der Waals surface area contributed by atoms with E-state index in [0.717, 1.165) is 11.3 Å². The number of carbonyl (C=O) groups excluding carboxylic acids is 2. The summed E-state index contributed by atoms with van der Waals surface area (Å²) in [7, 11) is 1.76. The Morgan fingerprint density at radius 1 is 1.36 bits per heavy atom. The zero-order valence-corrected chi connectivity index (χ0v) is 13.4. The average Bonchev–Trinajstić information content (AvgIpc) is 2.50. The van der Waals surface area contributed by atoms with Crippen molar-refractivity contribution < 1.29 is 14.7 Å². The molecule has 0 spiro atoms. The van der Waals surface area contributed by atoms with E-state index in [2.05, 4.69) is 5.32 Å². The van der Waals surface area contributed by atoms with E-state index in [0.29, 0.717) is 24.8 Å². The molecule has 2 rings (SSSR count). The fraction of sp³-hybridized carbons (Fsp3) is 0.529. The molecule has 0 aromatic heterocycles. The summed E-state index contributed by atoms with van der Waals surface area (Å²) in [6.07, 6.45) is 1.70. The number of aliphatic hydroxyl groups is 1. The highest BCUT2D eigenvalue weighted by Crippen LogP contribution is 2.27. The number of aliphatic hydroxyl groups excluding tert-OH is 1. The van der Waals surface area contributed by atoms with Crippen LogP contribution in [0.2, 0.25) is 0 Å². The molecule has 5 heteroatoms. The molecule has 2 N–H and O–H groups in total. The van der Waals surface area contributed by atoms with Crippen molar-refractivity contribution in [1.82, 2.24) is 5.32 Å². The normalized spacial score (nSPS) is 15.7. The maximum Gasteiger partial charge on any atom is 0.251 e. The molecule has 1 aromatic rings. The first-order chi connectivity index (χ1) is 10.4. The molecule has 2 amide bonds. The third kappa shape index (κ3) is 3.47. The molecule has 0 aliphatic carbocycles. The maximum atomic E-state index is 12.4. The first kappa shape index (κ1) is 16.5. The summed E-state index contributed by atoms with van der Waals surface area (Å²) in [6, 6.07) is 5.40. The highest BCUT2D eigenvalue weighted by molar-refractivity contribution is 5.99. The highest BCUT2D eigenvalue weighted by Gasteiger charge is 2.23. The molecule has 1 atom stereocenters. The van der Waals surface area contributed by atoms with Crippen LogP contribution in [0.15, 0.2) is 18.2 Å². The topological polar surface area (TPSA) is 69.6 Å². The average molecular weight is 304 g/mol. The van der Waals surface area contributed by atoms with Crippen LogP contribution in [0.3, 0.4) is 0 Å². The van der Waals surface area contributed by atoms with Gasteiger partial charge in [0.2, 0.25) is 5.91 Å². The zero-order chi connectivity index (χ0) is 16.3. The number of benzene rings is 1. The minimum Gasteiger partial charge on any atom is -0.396 e. The van der Waals surface area contributed by atoms with Crippen molar-refractivity contribution >= 4 is 17.5 Å². The van der Waals surface area contributed by atoms with E-state index < -0.39 is 0 Å². The molecular weight excluding hydrogens is 280 g/mol. The van der Waals surface area contributed by atoms with Crippen LogP contribution >= 0.6 is 0 Å². The summed E-state index contributed by atoms with van der Waals surface area (Å²) in [5, 5.41) is 12.1. The predicted molar refractivity (Wildman–Crippen MR) is 86.0 cm³/mol. The first-order valence-electron chi connectivity index (χ1n) is 7.75. The second kappa shape index (κ2) is 6.92. The molecule has 0 bridgehead atoms. The Balaban J connectivity index is 2.16. The molecule has 0 radical (unpaired) electrons. The van der Waals surface area contributed by atoms with Gasteiger partial charge in [0.15, 0.2) is 0 Å². The lowest BCUT2D eigenvalue weighted by atomic mass is 9.97. The standard InChI is InChI=1S/C17H24N2O3/c1-11(2)14(8-9-20)18-17(22)13-4-6-15-12(10-13)5-7-16(21)19(15)3/h4,6,10-11,14,20H,5,7-9H2,1-3H3,(H,18,22). The Kier molecular flexibility index (Phi) is 5.19. The number of rotatable bonds is 5. The molecule has 1 unspecified atom stereocenters. The molecule has 5 nitrogen and oxygen atoms in total.